The molecule has 2 N–H and O–H groups in total. The van der Waals surface area contributed by atoms with Crippen LogP contribution in [0.15, 0.2) is 36.5 Å². The number of benzene rings is 1. The molecule has 1 aliphatic rings. The SMILES string of the molecule is COC(O)c1nn(-c2cc(C#N)cc(C#C[C@]3(O)CCN(C)C3=O)c2)c2ncccc12. The largest absolute Gasteiger partial charge is 0.369 e. The molecule has 31 heavy (non-hydrogen) atoms. The zero-order chi connectivity index (χ0) is 22.2. The van der Waals surface area contributed by atoms with Crippen LogP contribution in [0.5, 0.6) is 0 Å². The molecule has 1 amide bonds. The third-order valence-corrected chi connectivity index (χ3v) is 5.14. The van der Waals surface area contributed by atoms with E-state index in [-0.39, 0.29) is 12.1 Å². The van der Waals surface area contributed by atoms with Crippen LogP contribution in [0.3, 0.4) is 0 Å². The summed E-state index contributed by atoms with van der Waals surface area (Å²) in [6, 6.07) is 10.4. The highest BCUT2D eigenvalue weighted by molar-refractivity contribution is 5.90. The molecule has 0 saturated carbocycles. The second-order valence-electron chi connectivity index (χ2n) is 7.23. The zero-order valence-corrected chi connectivity index (χ0v) is 16.9. The van der Waals surface area contributed by atoms with E-state index < -0.39 is 17.8 Å². The number of nitrogens with zero attached hydrogens (tertiary/aromatic N) is 5. The summed E-state index contributed by atoms with van der Waals surface area (Å²) in [4.78, 5) is 17.9. The molecule has 0 bridgehead atoms. The van der Waals surface area contributed by atoms with E-state index in [1.165, 1.54) is 16.7 Å². The summed E-state index contributed by atoms with van der Waals surface area (Å²) in [5, 5.41) is 35.2. The van der Waals surface area contributed by atoms with Crippen LogP contribution >= 0.6 is 0 Å². The van der Waals surface area contributed by atoms with Crippen LogP contribution < -0.4 is 0 Å². The molecule has 4 rings (SSSR count). The predicted molar refractivity (Wildman–Crippen MR) is 110 cm³/mol. The molecule has 0 radical (unpaired) electrons. The summed E-state index contributed by atoms with van der Waals surface area (Å²) < 4.78 is 6.49. The van der Waals surface area contributed by atoms with Crippen molar-refractivity contribution < 1.29 is 19.7 Å². The molecule has 2 atom stereocenters. The molecule has 3 heterocycles. The molecule has 1 aliphatic heterocycles. The highest BCUT2D eigenvalue weighted by Gasteiger charge is 2.42. The minimum absolute atomic E-state index is 0.214. The van der Waals surface area contributed by atoms with E-state index >= 15 is 0 Å². The topological polar surface area (TPSA) is 124 Å². The standard InChI is InChI=1S/C22H19N5O4/c1-26-9-7-22(30,21(26)29)6-5-14-10-15(13-23)12-16(11-14)27-19-17(4-3-8-24-19)18(25-27)20(28)31-2/h3-4,8,10-12,20,28,30H,7,9H2,1-2H3/t20?,22-/m0/s1. The van der Waals surface area contributed by atoms with Gasteiger partial charge in [0, 0.05) is 44.3 Å². The first kappa shape index (κ1) is 20.5. The highest BCUT2D eigenvalue weighted by atomic mass is 16.6. The van der Waals surface area contributed by atoms with Crippen molar-refractivity contribution in [3.8, 4) is 23.6 Å². The second kappa shape index (κ2) is 7.82. The third kappa shape index (κ3) is 3.62. The fourth-order valence-electron chi connectivity index (χ4n) is 3.46. The summed E-state index contributed by atoms with van der Waals surface area (Å²) in [6.07, 6.45) is 0.563. The van der Waals surface area contributed by atoms with Crippen LogP contribution in [0.4, 0.5) is 0 Å². The number of aliphatic hydroxyl groups excluding tert-OH is 1. The van der Waals surface area contributed by atoms with Gasteiger partial charge in [-0.25, -0.2) is 9.67 Å². The number of carbonyl (C=O) groups is 1. The lowest BCUT2D eigenvalue weighted by atomic mass is 10.0. The van der Waals surface area contributed by atoms with E-state index in [1.807, 2.05) is 0 Å². The van der Waals surface area contributed by atoms with Crippen molar-refractivity contribution in [1.29, 1.82) is 5.26 Å². The maximum absolute atomic E-state index is 12.2. The van der Waals surface area contributed by atoms with E-state index in [1.54, 1.807) is 43.6 Å². The molecule has 0 spiro atoms. The van der Waals surface area contributed by atoms with E-state index in [2.05, 4.69) is 28.0 Å². The van der Waals surface area contributed by atoms with Crippen molar-refractivity contribution in [2.75, 3.05) is 20.7 Å². The van der Waals surface area contributed by atoms with Gasteiger partial charge in [0.2, 0.25) is 11.9 Å². The van der Waals surface area contributed by atoms with Crippen molar-refractivity contribution in [1.82, 2.24) is 19.7 Å². The third-order valence-electron chi connectivity index (χ3n) is 5.14. The number of nitriles is 1. The van der Waals surface area contributed by atoms with Crippen molar-refractivity contribution in [3.63, 3.8) is 0 Å². The maximum atomic E-state index is 12.2. The normalized spacial score (nSPS) is 19.2. The molecule has 1 aromatic carbocycles. The Hall–Kier alpha value is -3.76. The van der Waals surface area contributed by atoms with Gasteiger partial charge in [0.25, 0.3) is 5.91 Å². The molecule has 156 valence electrons. The molecule has 0 aliphatic carbocycles. The number of rotatable bonds is 3. The number of methoxy groups -OCH3 is 1. The highest BCUT2D eigenvalue weighted by Crippen LogP contribution is 2.26. The number of likely N-dealkylation sites (tertiary alicyclic amines) is 1. The van der Waals surface area contributed by atoms with Gasteiger partial charge in [0.1, 0.15) is 5.69 Å². The number of hydrogen-bond acceptors (Lipinski definition) is 7. The van der Waals surface area contributed by atoms with Gasteiger partial charge in [-0.05, 0) is 30.3 Å². The summed E-state index contributed by atoms with van der Waals surface area (Å²) in [5.41, 5.74) is 0.245. The minimum Gasteiger partial charge on any atom is -0.369 e. The lowest BCUT2D eigenvalue weighted by Crippen LogP contribution is -2.37. The Bertz CT molecular complexity index is 1280. The average molecular weight is 417 g/mol. The number of pyridine rings is 1. The zero-order valence-electron chi connectivity index (χ0n) is 16.9. The summed E-state index contributed by atoms with van der Waals surface area (Å²) in [7, 11) is 2.97. The first-order chi connectivity index (χ1) is 14.9. The van der Waals surface area contributed by atoms with Crippen LogP contribution in [-0.4, -0.2) is 62.1 Å². The average Bonchev–Trinajstić information content (AvgIpc) is 3.31. The Morgan fingerprint density at radius 3 is 2.77 bits per heavy atom. The van der Waals surface area contributed by atoms with Gasteiger partial charge in [-0.2, -0.15) is 10.4 Å². The van der Waals surface area contributed by atoms with E-state index in [0.29, 0.717) is 34.4 Å². The van der Waals surface area contributed by atoms with E-state index in [9.17, 15) is 20.3 Å². The molecule has 9 nitrogen and oxygen atoms in total. The Morgan fingerprint density at radius 2 is 2.10 bits per heavy atom. The summed E-state index contributed by atoms with van der Waals surface area (Å²) >= 11 is 0. The molecule has 3 aromatic rings. The van der Waals surface area contributed by atoms with Crippen molar-refractivity contribution in [3.05, 3.63) is 53.3 Å². The fourth-order valence-corrected chi connectivity index (χ4v) is 3.46. The number of aromatic nitrogens is 3. The first-order valence-electron chi connectivity index (χ1n) is 9.47. The van der Waals surface area contributed by atoms with Gasteiger partial charge in [-0.15, -0.1) is 0 Å². The first-order valence-corrected chi connectivity index (χ1v) is 9.47. The Morgan fingerprint density at radius 1 is 1.32 bits per heavy atom. The Kier molecular flexibility index (Phi) is 5.17. The fraction of sp³-hybridized carbons (Fsp3) is 0.273. The number of likely N-dealkylation sites (N-methyl/N-ethyl adjacent to an activating group) is 1. The van der Waals surface area contributed by atoms with Gasteiger partial charge >= 0.3 is 0 Å². The van der Waals surface area contributed by atoms with Gasteiger partial charge < -0.3 is 19.8 Å². The molecular formula is C22H19N5O4. The van der Waals surface area contributed by atoms with Gasteiger partial charge in [-0.3, -0.25) is 4.79 Å². The smallest absolute Gasteiger partial charge is 0.267 e. The van der Waals surface area contributed by atoms with Crippen LogP contribution in [-0.2, 0) is 9.53 Å². The second-order valence-corrected chi connectivity index (χ2v) is 7.23. The minimum atomic E-state index is -1.74. The Labute approximate surface area is 178 Å². The van der Waals surface area contributed by atoms with E-state index in [0.717, 1.165) is 0 Å². The molecule has 1 saturated heterocycles. The lowest BCUT2D eigenvalue weighted by molar-refractivity contribution is -0.137. The lowest BCUT2D eigenvalue weighted by Gasteiger charge is -2.13. The molecular weight excluding hydrogens is 398 g/mol. The number of ether oxygens (including phenoxy) is 1. The van der Waals surface area contributed by atoms with Crippen molar-refractivity contribution in [2.24, 2.45) is 0 Å². The molecule has 2 aromatic heterocycles. The van der Waals surface area contributed by atoms with Crippen LogP contribution in [0.1, 0.15) is 29.5 Å². The van der Waals surface area contributed by atoms with Crippen molar-refractivity contribution >= 4 is 16.9 Å². The molecule has 1 unspecified atom stereocenters. The maximum Gasteiger partial charge on any atom is 0.267 e. The number of carbonyl (C=O) groups excluding carboxylic acids is 1. The van der Waals surface area contributed by atoms with Crippen molar-refractivity contribution in [2.45, 2.75) is 18.3 Å². The molecule has 1 fully saturated rings. The van der Waals surface area contributed by atoms with Gasteiger partial charge in [0.15, 0.2) is 5.65 Å². The van der Waals surface area contributed by atoms with Crippen LogP contribution in [0, 0.1) is 23.2 Å². The monoisotopic (exact) mass is 417 g/mol. The summed E-state index contributed by atoms with van der Waals surface area (Å²) in [5.74, 6) is 5.02. The number of aliphatic hydroxyl groups is 2. The van der Waals surface area contributed by atoms with E-state index in [4.69, 9.17) is 4.74 Å². The number of hydrogen-bond donors (Lipinski definition) is 2. The quantitative estimate of drug-likeness (QED) is 0.479. The van der Waals surface area contributed by atoms with Gasteiger partial charge in [0.05, 0.1) is 17.3 Å². The number of amides is 1. The number of fused-ring (bicyclic) bond motifs is 1. The predicted octanol–water partition coefficient (Wildman–Crippen LogP) is 0.874. The van der Waals surface area contributed by atoms with Crippen LogP contribution in [0.25, 0.3) is 16.7 Å². The van der Waals surface area contributed by atoms with Gasteiger partial charge in [-0.1, -0.05) is 11.8 Å². The molecule has 9 heteroatoms. The Balaban J connectivity index is 1.83. The summed E-state index contributed by atoms with van der Waals surface area (Å²) in [6.45, 7) is 0.420. The van der Waals surface area contributed by atoms with Crippen LogP contribution in [0.2, 0.25) is 0 Å².